The van der Waals surface area contributed by atoms with E-state index >= 15 is 0 Å². The minimum atomic E-state index is -0.539. The van der Waals surface area contributed by atoms with Crippen molar-refractivity contribution in [2.24, 2.45) is 0 Å². The number of hydrogen-bond donors (Lipinski definition) is 1. The molecule has 1 N–H and O–H groups in total. The van der Waals surface area contributed by atoms with E-state index in [9.17, 15) is 9.59 Å². The van der Waals surface area contributed by atoms with E-state index in [0.29, 0.717) is 22.0 Å². The summed E-state index contributed by atoms with van der Waals surface area (Å²) in [6.07, 6.45) is 0. The van der Waals surface area contributed by atoms with Crippen molar-refractivity contribution in [1.82, 2.24) is 4.98 Å². The third-order valence-electron chi connectivity index (χ3n) is 3.43. The molecule has 5 nitrogen and oxygen atoms in total. The van der Waals surface area contributed by atoms with E-state index in [1.165, 1.54) is 23.1 Å². The Morgan fingerprint density at radius 3 is 2.67 bits per heavy atom. The fraction of sp³-hybridized carbons (Fsp3) is 0.105. The van der Waals surface area contributed by atoms with Crippen molar-refractivity contribution in [3.8, 4) is 0 Å². The molecule has 0 bridgehead atoms. The first-order valence-corrected chi connectivity index (χ1v) is 10.2. The molecule has 138 valence electrons. The number of thiazole rings is 1. The summed E-state index contributed by atoms with van der Waals surface area (Å²) in [5, 5.41) is 5.19. The van der Waals surface area contributed by atoms with E-state index in [0.717, 1.165) is 10.6 Å². The molecule has 0 aliphatic heterocycles. The molecule has 0 atom stereocenters. The fourth-order valence-electron chi connectivity index (χ4n) is 2.16. The Labute approximate surface area is 169 Å². The van der Waals surface area contributed by atoms with Crippen LogP contribution in [0.15, 0.2) is 64.3 Å². The van der Waals surface area contributed by atoms with Gasteiger partial charge >= 0.3 is 5.97 Å². The zero-order valence-electron chi connectivity index (χ0n) is 14.1. The lowest BCUT2D eigenvalue weighted by Crippen LogP contribution is -2.21. The van der Waals surface area contributed by atoms with E-state index in [1.54, 1.807) is 41.9 Å². The van der Waals surface area contributed by atoms with Crippen LogP contribution in [0.5, 0.6) is 0 Å². The molecule has 2 aromatic carbocycles. The van der Waals surface area contributed by atoms with Crippen molar-refractivity contribution in [3.05, 3.63) is 75.7 Å². The van der Waals surface area contributed by atoms with Gasteiger partial charge in [-0.3, -0.25) is 4.79 Å². The summed E-state index contributed by atoms with van der Waals surface area (Å²) in [5.74, 6) is -0.300. The number of anilines is 1. The van der Waals surface area contributed by atoms with Crippen molar-refractivity contribution in [2.75, 3.05) is 11.9 Å². The van der Waals surface area contributed by atoms with Crippen LogP contribution in [0.1, 0.15) is 16.1 Å². The predicted molar refractivity (Wildman–Crippen MR) is 108 cm³/mol. The number of ether oxygens (including phenoxy) is 1. The average Bonchev–Trinajstić information content (AvgIpc) is 3.20. The van der Waals surface area contributed by atoms with Crippen LogP contribution in [0.3, 0.4) is 0 Å². The zero-order valence-corrected chi connectivity index (χ0v) is 16.4. The number of amides is 1. The highest BCUT2D eigenvalue weighted by molar-refractivity contribution is 7.98. The highest BCUT2D eigenvalue weighted by atomic mass is 35.5. The molecular weight excluding hydrogens is 404 g/mol. The first kappa shape index (κ1) is 19.4. The van der Waals surface area contributed by atoms with E-state index in [-0.39, 0.29) is 6.61 Å². The summed E-state index contributed by atoms with van der Waals surface area (Å²) in [6, 6.07) is 13.8. The van der Waals surface area contributed by atoms with Gasteiger partial charge in [-0.2, -0.15) is 0 Å². The summed E-state index contributed by atoms with van der Waals surface area (Å²) in [6.45, 7) is -0.369. The van der Waals surface area contributed by atoms with Gasteiger partial charge in [0.15, 0.2) is 6.61 Å². The zero-order chi connectivity index (χ0) is 19.1. The van der Waals surface area contributed by atoms with Crippen LogP contribution in [0.25, 0.3) is 0 Å². The van der Waals surface area contributed by atoms with Gasteiger partial charge in [-0.05, 0) is 36.4 Å². The second kappa shape index (κ2) is 9.55. The summed E-state index contributed by atoms with van der Waals surface area (Å²) >= 11 is 8.84. The number of carbonyl (C=O) groups is 2. The molecule has 8 heteroatoms. The average molecular weight is 419 g/mol. The number of nitrogens with one attached hydrogen (secondary N) is 1. The quantitative estimate of drug-likeness (QED) is 0.437. The Hall–Kier alpha value is -2.35. The second-order valence-electron chi connectivity index (χ2n) is 5.40. The number of benzene rings is 2. The Balaban J connectivity index is 1.55. The topological polar surface area (TPSA) is 68.3 Å². The highest BCUT2D eigenvalue weighted by Gasteiger charge is 2.15. The van der Waals surface area contributed by atoms with Crippen LogP contribution < -0.4 is 5.32 Å². The van der Waals surface area contributed by atoms with Crippen LogP contribution in [0.4, 0.5) is 5.69 Å². The Morgan fingerprint density at radius 1 is 1.15 bits per heavy atom. The molecule has 0 fully saturated rings. The molecule has 3 rings (SSSR count). The van der Waals surface area contributed by atoms with Crippen molar-refractivity contribution in [1.29, 1.82) is 0 Å². The number of thioether (sulfide) groups is 1. The third-order valence-corrected chi connectivity index (χ3v) is 5.42. The lowest BCUT2D eigenvalue weighted by molar-refractivity contribution is -0.119. The largest absolute Gasteiger partial charge is 0.452 e. The highest BCUT2D eigenvalue weighted by Crippen LogP contribution is 2.26. The minimum Gasteiger partial charge on any atom is -0.452 e. The molecule has 0 unspecified atom stereocenters. The summed E-state index contributed by atoms with van der Waals surface area (Å²) in [4.78, 5) is 29.4. The maximum atomic E-state index is 12.4. The van der Waals surface area contributed by atoms with E-state index in [4.69, 9.17) is 16.3 Å². The van der Waals surface area contributed by atoms with Gasteiger partial charge in [0.05, 0.1) is 16.8 Å². The fourth-order valence-corrected chi connectivity index (χ4v) is 3.89. The number of aromatic nitrogens is 1. The van der Waals surface area contributed by atoms with Gasteiger partial charge in [0, 0.05) is 26.7 Å². The van der Waals surface area contributed by atoms with E-state index in [1.807, 2.05) is 17.5 Å². The SMILES string of the molecule is O=C(COC(=O)c1ccccc1SCc1cscn1)Nc1ccc(Cl)cc1. The van der Waals surface area contributed by atoms with Gasteiger partial charge in [-0.1, -0.05) is 23.7 Å². The number of hydrogen-bond acceptors (Lipinski definition) is 6. The van der Waals surface area contributed by atoms with Gasteiger partial charge in [0.2, 0.25) is 0 Å². The monoisotopic (exact) mass is 418 g/mol. The number of carbonyl (C=O) groups excluding carboxylic acids is 2. The predicted octanol–water partition coefficient (Wildman–Crippen LogP) is 4.88. The minimum absolute atomic E-state index is 0.369. The smallest absolute Gasteiger partial charge is 0.339 e. The maximum absolute atomic E-state index is 12.4. The van der Waals surface area contributed by atoms with Crippen LogP contribution in [-0.4, -0.2) is 23.5 Å². The summed E-state index contributed by atoms with van der Waals surface area (Å²) < 4.78 is 5.16. The van der Waals surface area contributed by atoms with Crippen LogP contribution >= 0.6 is 34.7 Å². The van der Waals surface area contributed by atoms with Gasteiger partial charge < -0.3 is 10.1 Å². The van der Waals surface area contributed by atoms with Crippen LogP contribution in [-0.2, 0) is 15.3 Å². The van der Waals surface area contributed by atoms with Crippen LogP contribution in [0.2, 0.25) is 5.02 Å². The molecule has 0 aliphatic carbocycles. The van der Waals surface area contributed by atoms with Crippen molar-refractivity contribution in [2.45, 2.75) is 10.6 Å². The lowest BCUT2D eigenvalue weighted by atomic mass is 10.2. The number of rotatable bonds is 7. The van der Waals surface area contributed by atoms with Gasteiger partial charge in [0.1, 0.15) is 0 Å². The molecule has 1 heterocycles. The van der Waals surface area contributed by atoms with Gasteiger partial charge in [-0.25, -0.2) is 9.78 Å². The van der Waals surface area contributed by atoms with Crippen molar-refractivity contribution >= 4 is 52.3 Å². The standard InChI is InChI=1S/C19H15ClN2O3S2/c20-13-5-7-14(8-6-13)22-18(23)9-25-19(24)16-3-1-2-4-17(16)27-11-15-10-26-12-21-15/h1-8,10,12H,9,11H2,(H,22,23). The summed E-state index contributed by atoms with van der Waals surface area (Å²) in [5.41, 5.74) is 3.74. The molecular formula is C19H15ClN2O3S2. The normalized spacial score (nSPS) is 10.4. The van der Waals surface area contributed by atoms with Crippen molar-refractivity contribution in [3.63, 3.8) is 0 Å². The Kier molecular flexibility index (Phi) is 6.86. The molecule has 0 saturated carbocycles. The number of halogens is 1. The summed E-state index contributed by atoms with van der Waals surface area (Å²) in [7, 11) is 0. The van der Waals surface area contributed by atoms with Gasteiger partial charge in [-0.15, -0.1) is 23.1 Å². The van der Waals surface area contributed by atoms with Crippen molar-refractivity contribution < 1.29 is 14.3 Å². The second-order valence-corrected chi connectivity index (χ2v) is 7.57. The molecule has 27 heavy (non-hydrogen) atoms. The van der Waals surface area contributed by atoms with E-state index < -0.39 is 11.9 Å². The molecule has 1 amide bonds. The lowest BCUT2D eigenvalue weighted by Gasteiger charge is -2.09. The first-order valence-electron chi connectivity index (χ1n) is 7.93. The molecule has 1 aromatic heterocycles. The Morgan fingerprint density at radius 2 is 1.93 bits per heavy atom. The Bertz CT molecular complexity index is 915. The molecule has 0 radical (unpaired) electrons. The third kappa shape index (κ3) is 5.82. The first-order chi connectivity index (χ1) is 13.1. The number of esters is 1. The molecule has 3 aromatic rings. The maximum Gasteiger partial charge on any atom is 0.339 e. The molecule has 0 spiro atoms. The van der Waals surface area contributed by atoms with E-state index in [2.05, 4.69) is 10.3 Å². The molecule has 0 aliphatic rings. The van der Waals surface area contributed by atoms with Gasteiger partial charge in [0.25, 0.3) is 5.91 Å². The number of nitrogens with zero attached hydrogens (tertiary/aromatic N) is 1. The van der Waals surface area contributed by atoms with Crippen LogP contribution in [0, 0.1) is 0 Å². The molecule has 0 saturated heterocycles.